The molecule has 26 heavy (non-hydrogen) atoms. The third kappa shape index (κ3) is 3.96. The molecule has 0 fully saturated rings. The molecule has 0 aliphatic heterocycles. The number of ether oxygens (including phenoxy) is 1. The van der Waals surface area contributed by atoms with Gasteiger partial charge in [-0.05, 0) is 40.2 Å². The van der Waals surface area contributed by atoms with Gasteiger partial charge >= 0.3 is 6.18 Å². The van der Waals surface area contributed by atoms with Crippen LogP contribution in [0.2, 0.25) is 0 Å². The highest BCUT2D eigenvalue weighted by Crippen LogP contribution is 2.38. The molecule has 4 nitrogen and oxygen atoms in total. The summed E-state index contributed by atoms with van der Waals surface area (Å²) >= 11 is 3.40. The molecule has 0 atom stereocenters. The average molecular weight is 424 g/mol. The Labute approximate surface area is 156 Å². The van der Waals surface area contributed by atoms with E-state index in [1.807, 2.05) is 18.2 Å². The Morgan fingerprint density at radius 3 is 2.31 bits per heavy atom. The maximum absolute atomic E-state index is 13.3. The zero-order valence-electron chi connectivity index (χ0n) is 13.5. The van der Waals surface area contributed by atoms with Crippen molar-refractivity contribution in [2.24, 2.45) is 0 Å². The lowest BCUT2D eigenvalue weighted by Crippen LogP contribution is -2.16. The van der Waals surface area contributed by atoms with Gasteiger partial charge in [0, 0.05) is 17.7 Å². The van der Waals surface area contributed by atoms with E-state index in [2.05, 4.69) is 25.9 Å². The number of para-hydroxylation sites is 2. The van der Waals surface area contributed by atoms with E-state index in [-0.39, 0.29) is 11.7 Å². The minimum atomic E-state index is -4.63. The van der Waals surface area contributed by atoms with Crippen LogP contribution in [0.4, 0.5) is 24.8 Å². The lowest BCUT2D eigenvalue weighted by molar-refractivity contribution is -0.139. The van der Waals surface area contributed by atoms with Crippen LogP contribution in [0.25, 0.3) is 0 Å². The molecule has 0 unspecified atom stereocenters. The fourth-order valence-corrected chi connectivity index (χ4v) is 2.77. The zero-order chi connectivity index (χ0) is 18.7. The first kappa shape index (κ1) is 18.2. The predicted molar refractivity (Wildman–Crippen MR) is 95.8 cm³/mol. The van der Waals surface area contributed by atoms with Gasteiger partial charge in [-0.2, -0.15) is 18.2 Å². The van der Waals surface area contributed by atoms with Gasteiger partial charge in [-0.25, -0.2) is 4.98 Å². The Bertz CT molecular complexity index is 904. The van der Waals surface area contributed by atoms with Crippen molar-refractivity contribution in [1.82, 2.24) is 9.97 Å². The van der Waals surface area contributed by atoms with Crippen LogP contribution < -0.4 is 9.64 Å². The Hall–Kier alpha value is -2.61. The van der Waals surface area contributed by atoms with E-state index in [0.717, 1.165) is 10.7 Å². The van der Waals surface area contributed by atoms with Crippen LogP contribution in [0, 0.1) is 0 Å². The van der Waals surface area contributed by atoms with Crippen molar-refractivity contribution >= 4 is 27.6 Å². The molecule has 0 saturated carbocycles. The summed E-state index contributed by atoms with van der Waals surface area (Å²) in [5.74, 6) is -0.213. The summed E-state index contributed by atoms with van der Waals surface area (Å²) in [6, 6.07) is 15.4. The number of rotatable bonds is 4. The second-order valence-corrected chi connectivity index (χ2v) is 6.17. The van der Waals surface area contributed by atoms with Gasteiger partial charge in [-0.15, -0.1) is 0 Å². The van der Waals surface area contributed by atoms with E-state index in [9.17, 15) is 13.2 Å². The molecule has 1 aromatic heterocycles. The highest BCUT2D eigenvalue weighted by Gasteiger charge is 2.36. The molecule has 0 spiro atoms. The minimum Gasteiger partial charge on any atom is -0.438 e. The summed E-state index contributed by atoms with van der Waals surface area (Å²) in [5.41, 5.74) is -0.330. The smallest absolute Gasteiger partial charge is 0.423 e. The van der Waals surface area contributed by atoms with Crippen LogP contribution >= 0.6 is 15.9 Å². The van der Waals surface area contributed by atoms with Crippen LogP contribution in [-0.4, -0.2) is 17.0 Å². The molecule has 3 rings (SSSR count). The molecule has 0 radical (unpaired) electrons. The molecule has 0 N–H and O–H groups in total. The summed E-state index contributed by atoms with van der Waals surface area (Å²) in [5, 5.41) is 0. The summed E-state index contributed by atoms with van der Waals surface area (Å²) in [6.07, 6.45) is -3.90. The van der Waals surface area contributed by atoms with Gasteiger partial charge in [0.1, 0.15) is 11.3 Å². The van der Waals surface area contributed by atoms with E-state index in [4.69, 9.17) is 4.74 Å². The predicted octanol–water partition coefficient (Wildman–Crippen LogP) is 5.82. The number of halogens is 4. The molecule has 0 saturated heterocycles. The minimum absolute atomic E-state index is 0.0795. The third-order valence-corrected chi connectivity index (χ3v) is 4.19. The van der Waals surface area contributed by atoms with E-state index in [0.29, 0.717) is 5.69 Å². The molecule has 3 aromatic rings. The monoisotopic (exact) mass is 423 g/mol. The first-order valence-corrected chi connectivity index (χ1v) is 8.31. The largest absolute Gasteiger partial charge is 0.438 e. The van der Waals surface area contributed by atoms with E-state index < -0.39 is 17.6 Å². The fraction of sp³-hybridized carbons (Fsp3) is 0.111. The normalized spacial score (nSPS) is 11.3. The molecule has 0 bridgehead atoms. The van der Waals surface area contributed by atoms with E-state index in [1.54, 1.807) is 48.3 Å². The average Bonchev–Trinajstić information content (AvgIpc) is 2.61. The van der Waals surface area contributed by atoms with Gasteiger partial charge in [0.2, 0.25) is 11.8 Å². The maximum atomic E-state index is 13.3. The molecule has 1 heterocycles. The van der Waals surface area contributed by atoms with E-state index >= 15 is 0 Å². The fourth-order valence-electron chi connectivity index (χ4n) is 2.22. The van der Waals surface area contributed by atoms with Crippen LogP contribution in [0.3, 0.4) is 0 Å². The van der Waals surface area contributed by atoms with Crippen LogP contribution in [0.1, 0.15) is 5.56 Å². The first-order valence-electron chi connectivity index (χ1n) is 7.51. The van der Waals surface area contributed by atoms with Crippen LogP contribution in [0.15, 0.2) is 65.3 Å². The Morgan fingerprint density at radius 1 is 1.00 bits per heavy atom. The number of anilines is 2. The van der Waals surface area contributed by atoms with Crippen molar-refractivity contribution < 1.29 is 17.9 Å². The maximum Gasteiger partial charge on any atom is 0.423 e. The number of hydrogen-bond donors (Lipinski definition) is 0. The summed E-state index contributed by atoms with van der Waals surface area (Å²) in [7, 11) is 1.66. The lowest BCUT2D eigenvalue weighted by atomic mass is 10.3. The number of benzene rings is 2. The van der Waals surface area contributed by atoms with Crippen molar-refractivity contribution in [3.8, 4) is 11.6 Å². The van der Waals surface area contributed by atoms with Crippen molar-refractivity contribution in [2.75, 3.05) is 11.9 Å². The number of hydrogen-bond acceptors (Lipinski definition) is 4. The van der Waals surface area contributed by atoms with Gasteiger partial charge in [0.05, 0.1) is 5.69 Å². The lowest BCUT2D eigenvalue weighted by Gasteiger charge is -2.20. The van der Waals surface area contributed by atoms with Gasteiger partial charge in [0.15, 0.2) is 0 Å². The quantitative estimate of drug-likeness (QED) is 0.529. The molecule has 2 aromatic carbocycles. The van der Waals surface area contributed by atoms with Crippen molar-refractivity contribution in [1.29, 1.82) is 0 Å². The van der Waals surface area contributed by atoms with Crippen molar-refractivity contribution in [2.45, 2.75) is 6.18 Å². The molecule has 134 valence electrons. The molecule has 0 aliphatic rings. The van der Waals surface area contributed by atoms with Gasteiger partial charge < -0.3 is 9.64 Å². The Morgan fingerprint density at radius 2 is 1.65 bits per heavy atom. The summed E-state index contributed by atoms with van der Waals surface area (Å²) in [4.78, 5) is 9.43. The van der Waals surface area contributed by atoms with Crippen LogP contribution in [-0.2, 0) is 6.18 Å². The molecule has 0 aliphatic carbocycles. The molecular formula is C18H13BrF3N3O. The Kier molecular flexibility index (Phi) is 5.13. The Balaban J connectivity index is 2.03. The van der Waals surface area contributed by atoms with E-state index in [1.165, 1.54) is 0 Å². The number of aromatic nitrogens is 2. The molecular weight excluding hydrogens is 411 g/mol. The second-order valence-electron chi connectivity index (χ2n) is 5.31. The van der Waals surface area contributed by atoms with Gasteiger partial charge in [0.25, 0.3) is 0 Å². The second kappa shape index (κ2) is 7.33. The van der Waals surface area contributed by atoms with Crippen molar-refractivity contribution in [3.05, 3.63) is 70.8 Å². The molecule has 8 heteroatoms. The van der Waals surface area contributed by atoms with Gasteiger partial charge in [-0.3, -0.25) is 0 Å². The van der Waals surface area contributed by atoms with Gasteiger partial charge in [-0.1, -0.05) is 30.3 Å². The zero-order valence-corrected chi connectivity index (χ0v) is 15.1. The first-order chi connectivity index (χ1) is 12.4. The number of alkyl halides is 3. The highest BCUT2D eigenvalue weighted by molar-refractivity contribution is 9.10. The van der Waals surface area contributed by atoms with Crippen LogP contribution in [0.5, 0.6) is 11.6 Å². The summed E-state index contributed by atoms with van der Waals surface area (Å²) in [6.45, 7) is 0. The topological polar surface area (TPSA) is 38.2 Å². The SMILES string of the molecule is CN(c1ncc(C(F)(F)F)c(Oc2ccccc2)n1)c1ccccc1Br. The van der Waals surface area contributed by atoms with Crippen molar-refractivity contribution in [3.63, 3.8) is 0 Å². The summed E-state index contributed by atoms with van der Waals surface area (Å²) < 4.78 is 46.0. The third-order valence-electron chi connectivity index (χ3n) is 3.52. The highest BCUT2D eigenvalue weighted by atomic mass is 79.9. The molecule has 0 amide bonds. The standard InChI is InChI=1S/C18H13BrF3N3O/c1-25(15-10-6-5-9-14(15)19)17-23-11-13(18(20,21)22)16(24-17)26-12-7-3-2-4-8-12/h2-11H,1H3. The number of nitrogens with zero attached hydrogens (tertiary/aromatic N) is 3.